The van der Waals surface area contributed by atoms with E-state index >= 15 is 0 Å². The second-order valence-corrected chi connectivity index (χ2v) is 8.16. The first-order valence-electron chi connectivity index (χ1n) is 10.7. The van der Waals surface area contributed by atoms with Gasteiger partial charge in [0.05, 0.1) is 13.4 Å². The first kappa shape index (κ1) is 21.4. The maximum absolute atomic E-state index is 12.7. The number of amides is 1. The zero-order valence-electron chi connectivity index (χ0n) is 18.8. The Labute approximate surface area is 188 Å². The van der Waals surface area contributed by atoms with Crippen LogP contribution < -0.4 is 10.1 Å². The van der Waals surface area contributed by atoms with E-state index in [4.69, 9.17) is 9.15 Å². The van der Waals surface area contributed by atoms with Gasteiger partial charge >= 0.3 is 0 Å². The summed E-state index contributed by atoms with van der Waals surface area (Å²) in [5, 5.41) is 3.92. The number of hydrogen-bond donors (Lipinski definition) is 1. The fourth-order valence-electron chi connectivity index (χ4n) is 3.78. The van der Waals surface area contributed by atoms with Crippen molar-refractivity contribution in [3.63, 3.8) is 0 Å². The lowest BCUT2D eigenvalue weighted by Crippen LogP contribution is -2.08. The van der Waals surface area contributed by atoms with E-state index in [0.29, 0.717) is 11.7 Å². The largest absolute Gasteiger partial charge is 0.496 e. The van der Waals surface area contributed by atoms with E-state index in [0.717, 1.165) is 38.9 Å². The standard InChI is InChI=1S/C28H27NO3/c1-18(2)20-10-12-22(13-11-20)29-28(30)14-19(3)23-15-24-25(21-8-6-5-7-9-21)17-32-27(24)16-26(23)31-4/h5-18H,1-4H3,(H,29,30)/b19-14+. The Kier molecular flexibility index (Phi) is 6.13. The van der Waals surface area contributed by atoms with Crippen LogP contribution in [0.1, 0.15) is 37.8 Å². The van der Waals surface area contributed by atoms with Gasteiger partial charge in [0.25, 0.3) is 0 Å². The number of benzene rings is 3. The Morgan fingerprint density at radius 3 is 2.41 bits per heavy atom. The first-order chi connectivity index (χ1) is 15.5. The molecule has 162 valence electrons. The van der Waals surface area contributed by atoms with Crippen molar-refractivity contribution in [2.45, 2.75) is 26.7 Å². The molecule has 4 rings (SSSR count). The molecule has 0 unspecified atom stereocenters. The van der Waals surface area contributed by atoms with E-state index in [1.54, 1.807) is 19.4 Å². The van der Waals surface area contributed by atoms with Gasteiger partial charge < -0.3 is 14.5 Å². The molecule has 4 nitrogen and oxygen atoms in total. The topological polar surface area (TPSA) is 51.5 Å². The van der Waals surface area contributed by atoms with E-state index in [1.807, 2.05) is 61.5 Å². The van der Waals surface area contributed by atoms with Crippen molar-refractivity contribution >= 4 is 28.1 Å². The van der Waals surface area contributed by atoms with Crippen molar-refractivity contribution in [3.05, 3.63) is 90.2 Å². The lowest BCUT2D eigenvalue weighted by molar-refractivity contribution is -0.111. The van der Waals surface area contributed by atoms with Gasteiger partial charge in [-0.2, -0.15) is 0 Å². The lowest BCUT2D eigenvalue weighted by atomic mass is 9.99. The smallest absolute Gasteiger partial charge is 0.248 e. The van der Waals surface area contributed by atoms with Crippen LogP contribution in [-0.2, 0) is 4.79 Å². The fraction of sp³-hybridized carbons (Fsp3) is 0.179. The van der Waals surface area contributed by atoms with Gasteiger partial charge in [0.2, 0.25) is 5.91 Å². The van der Waals surface area contributed by atoms with E-state index < -0.39 is 0 Å². The minimum Gasteiger partial charge on any atom is -0.496 e. The average molecular weight is 426 g/mol. The molecule has 0 saturated carbocycles. The molecule has 0 bridgehead atoms. The van der Waals surface area contributed by atoms with E-state index in [9.17, 15) is 4.79 Å². The molecule has 4 aromatic rings. The fourth-order valence-corrected chi connectivity index (χ4v) is 3.78. The third kappa shape index (κ3) is 4.45. The normalized spacial score (nSPS) is 11.7. The molecule has 1 aromatic heterocycles. The van der Waals surface area contributed by atoms with Crippen LogP contribution in [0.15, 0.2) is 83.5 Å². The number of rotatable bonds is 6. The second kappa shape index (κ2) is 9.15. The monoisotopic (exact) mass is 425 g/mol. The zero-order chi connectivity index (χ0) is 22.7. The first-order valence-corrected chi connectivity index (χ1v) is 10.7. The molecule has 0 aliphatic rings. The van der Waals surface area contributed by atoms with Crippen molar-refractivity contribution in [3.8, 4) is 16.9 Å². The third-order valence-corrected chi connectivity index (χ3v) is 5.60. The van der Waals surface area contributed by atoms with Crippen LogP contribution >= 0.6 is 0 Å². The summed E-state index contributed by atoms with van der Waals surface area (Å²) in [4.78, 5) is 12.7. The number of methoxy groups -OCH3 is 1. The highest BCUT2D eigenvalue weighted by Crippen LogP contribution is 2.37. The van der Waals surface area contributed by atoms with Crippen LogP contribution in [0.4, 0.5) is 5.69 Å². The van der Waals surface area contributed by atoms with Gasteiger partial charge in [-0.05, 0) is 47.7 Å². The van der Waals surface area contributed by atoms with Gasteiger partial charge in [0.15, 0.2) is 0 Å². The highest BCUT2D eigenvalue weighted by molar-refractivity contribution is 6.05. The lowest BCUT2D eigenvalue weighted by Gasteiger charge is -2.11. The summed E-state index contributed by atoms with van der Waals surface area (Å²) in [6.07, 6.45) is 3.36. The molecule has 1 amide bonds. The number of carbonyl (C=O) groups is 1. The van der Waals surface area contributed by atoms with Crippen molar-refractivity contribution in [2.75, 3.05) is 12.4 Å². The Bertz CT molecular complexity index is 1270. The summed E-state index contributed by atoms with van der Waals surface area (Å²) in [5.41, 5.74) is 6.49. The van der Waals surface area contributed by atoms with Crippen LogP contribution in [-0.4, -0.2) is 13.0 Å². The highest BCUT2D eigenvalue weighted by Gasteiger charge is 2.15. The maximum atomic E-state index is 12.7. The quantitative estimate of drug-likeness (QED) is 0.330. The minimum atomic E-state index is -0.183. The minimum absolute atomic E-state index is 0.183. The highest BCUT2D eigenvalue weighted by atomic mass is 16.5. The number of hydrogen-bond acceptors (Lipinski definition) is 3. The number of furan rings is 1. The summed E-state index contributed by atoms with van der Waals surface area (Å²) >= 11 is 0. The van der Waals surface area contributed by atoms with E-state index in [1.165, 1.54) is 5.56 Å². The van der Waals surface area contributed by atoms with Crippen molar-refractivity contribution in [2.24, 2.45) is 0 Å². The molecule has 0 fully saturated rings. The Morgan fingerprint density at radius 1 is 1.03 bits per heavy atom. The van der Waals surface area contributed by atoms with Gasteiger partial charge in [-0.15, -0.1) is 0 Å². The molecule has 0 saturated heterocycles. The molecular formula is C28H27NO3. The molecule has 32 heavy (non-hydrogen) atoms. The average Bonchev–Trinajstić information content (AvgIpc) is 3.22. The van der Waals surface area contributed by atoms with Crippen LogP contribution in [0.3, 0.4) is 0 Å². The summed E-state index contributed by atoms with van der Waals surface area (Å²) < 4.78 is 11.4. The van der Waals surface area contributed by atoms with Gasteiger partial charge in [-0.1, -0.05) is 56.3 Å². The van der Waals surface area contributed by atoms with Crippen LogP contribution in [0.2, 0.25) is 0 Å². The number of carbonyl (C=O) groups excluding carboxylic acids is 1. The number of allylic oxidation sites excluding steroid dienone is 1. The van der Waals surface area contributed by atoms with Crippen LogP contribution in [0, 0.1) is 0 Å². The van der Waals surface area contributed by atoms with Crippen molar-refractivity contribution in [1.29, 1.82) is 0 Å². The molecule has 1 N–H and O–H groups in total. The summed E-state index contributed by atoms with van der Waals surface area (Å²) in [5.74, 6) is 0.930. The van der Waals surface area contributed by atoms with E-state index in [2.05, 4.69) is 31.3 Å². The number of nitrogens with one attached hydrogen (secondary N) is 1. The summed E-state index contributed by atoms with van der Waals surface area (Å²) in [6, 6.07) is 21.9. The molecular weight excluding hydrogens is 398 g/mol. The predicted molar refractivity (Wildman–Crippen MR) is 131 cm³/mol. The van der Waals surface area contributed by atoms with Crippen LogP contribution in [0.5, 0.6) is 5.75 Å². The van der Waals surface area contributed by atoms with E-state index in [-0.39, 0.29) is 5.91 Å². The second-order valence-electron chi connectivity index (χ2n) is 8.16. The maximum Gasteiger partial charge on any atom is 0.248 e. The number of anilines is 1. The van der Waals surface area contributed by atoms with Gasteiger partial charge in [0.1, 0.15) is 11.3 Å². The molecule has 0 aliphatic carbocycles. The third-order valence-electron chi connectivity index (χ3n) is 5.60. The van der Waals surface area contributed by atoms with Gasteiger partial charge in [0, 0.05) is 34.3 Å². The van der Waals surface area contributed by atoms with Gasteiger partial charge in [-0.25, -0.2) is 0 Å². The number of ether oxygens (including phenoxy) is 1. The summed E-state index contributed by atoms with van der Waals surface area (Å²) in [7, 11) is 1.62. The Hall–Kier alpha value is -3.79. The molecule has 0 atom stereocenters. The summed E-state index contributed by atoms with van der Waals surface area (Å²) in [6.45, 7) is 6.20. The Balaban J connectivity index is 1.64. The Morgan fingerprint density at radius 2 is 1.75 bits per heavy atom. The SMILES string of the molecule is COc1cc2occ(-c3ccccc3)c2cc1/C(C)=C/C(=O)Nc1ccc(C(C)C)cc1. The van der Waals surface area contributed by atoms with Crippen molar-refractivity contribution in [1.82, 2.24) is 0 Å². The molecule has 0 radical (unpaired) electrons. The predicted octanol–water partition coefficient (Wildman–Crippen LogP) is 7.27. The van der Waals surface area contributed by atoms with Crippen molar-refractivity contribution < 1.29 is 13.9 Å². The van der Waals surface area contributed by atoms with Crippen LogP contribution in [0.25, 0.3) is 27.7 Å². The molecule has 0 spiro atoms. The molecule has 4 heteroatoms. The number of fused-ring (bicyclic) bond motifs is 1. The molecule has 0 aliphatic heterocycles. The zero-order valence-corrected chi connectivity index (χ0v) is 18.8. The molecule has 1 heterocycles. The molecule has 3 aromatic carbocycles. The van der Waals surface area contributed by atoms with Gasteiger partial charge in [-0.3, -0.25) is 4.79 Å².